The van der Waals surface area contributed by atoms with Crippen molar-refractivity contribution >= 4 is 28.2 Å². The highest BCUT2D eigenvalue weighted by molar-refractivity contribution is 7.99. The second-order valence-electron chi connectivity index (χ2n) is 3.21. The summed E-state index contributed by atoms with van der Waals surface area (Å²) in [7, 11) is 0. The van der Waals surface area contributed by atoms with Gasteiger partial charge in [0.2, 0.25) is 0 Å². The molecule has 1 aliphatic heterocycles. The molecule has 0 aliphatic carbocycles. The maximum Gasteiger partial charge on any atom is 0.185 e. The molecule has 0 aromatic carbocycles. The largest absolute Gasteiger partial charge is 0.347 e. The van der Waals surface area contributed by atoms with Crippen LogP contribution in [0.3, 0.4) is 0 Å². The van der Waals surface area contributed by atoms with Gasteiger partial charge in [-0.25, -0.2) is 4.98 Å². The molecule has 1 fully saturated rings. The monoisotopic (exact) mass is 214 g/mol. The van der Waals surface area contributed by atoms with Gasteiger partial charge in [0, 0.05) is 29.9 Å². The third kappa shape index (κ3) is 2.38. The van der Waals surface area contributed by atoms with E-state index in [1.165, 1.54) is 34.5 Å². The normalized spacial score (nSPS) is 18.7. The standard InChI is InChI=1S/C9H14N2S2/c1-8-7-10-9(13-8)11-3-2-5-12-6-4-11/h7H,2-6H2,1H3. The minimum absolute atomic E-state index is 1.16. The zero-order chi connectivity index (χ0) is 9.10. The first-order valence-corrected chi connectivity index (χ1v) is 6.58. The highest BCUT2D eigenvalue weighted by atomic mass is 32.2. The van der Waals surface area contributed by atoms with Crippen LogP contribution in [-0.2, 0) is 0 Å². The van der Waals surface area contributed by atoms with Crippen LogP contribution >= 0.6 is 23.1 Å². The van der Waals surface area contributed by atoms with Crippen molar-refractivity contribution in [2.45, 2.75) is 13.3 Å². The van der Waals surface area contributed by atoms with Gasteiger partial charge >= 0.3 is 0 Å². The molecule has 0 unspecified atom stereocenters. The van der Waals surface area contributed by atoms with Crippen LogP contribution in [0.4, 0.5) is 5.13 Å². The molecule has 1 aliphatic rings. The molecule has 0 atom stereocenters. The fourth-order valence-electron chi connectivity index (χ4n) is 1.43. The number of anilines is 1. The quantitative estimate of drug-likeness (QED) is 0.714. The first kappa shape index (κ1) is 9.34. The first-order valence-electron chi connectivity index (χ1n) is 4.61. The highest BCUT2D eigenvalue weighted by Crippen LogP contribution is 2.23. The molecule has 1 aromatic heterocycles. The summed E-state index contributed by atoms with van der Waals surface area (Å²) in [6.45, 7) is 4.46. The fourth-order valence-corrected chi connectivity index (χ4v) is 3.12. The van der Waals surface area contributed by atoms with Crippen LogP contribution in [0, 0.1) is 6.92 Å². The first-order chi connectivity index (χ1) is 6.36. The summed E-state index contributed by atoms with van der Waals surface area (Å²) in [5, 5.41) is 1.21. The number of hydrogen-bond donors (Lipinski definition) is 0. The van der Waals surface area contributed by atoms with Crippen molar-refractivity contribution in [1.29, 1.82) is 0 Å². The van der Waals surface area contributed by atoms with Gasteiger partial charge in [-0.15, -0.1) is 11.3 Å². The van der Waals surface area contributed by atoms with Gasteiger partial charge in [-0.2, -0.15) is 11.8 Å². The lowest BCUT2D eigenvalue weighted by Crippen LogP contribution is -2.25. The van der Waals surface area contributed by atoms with Gasteiger partial charge in [0.25, 0.3) is 0 Å². The number of thioether (sulfide) groups is 1. The molecule has 2 rings (SSSR count). The molecule has 0 radical (unpaired) electrons. The van der Waals surface area contributed by atoms with E-state index in [9.17, 15) is 0 Å². The van der Waals surface area contributed by atoms with Crippen LogP contribution < -0.4 is 4.90 Å². The number of aromatic nitrogens is 1. The SMILES string of the molecule is Cc1cnc(N2CCCSCC2)s1. The Morgan fingerprint density at radius 2 is 2.31 bits per heavy atom. The van der Waals surface area contributed by atoms with Crippen molar-refractivity contribution in [2.75, 3.05) is 29.5 Å². The molecular weight excluding hydrogens is 200 g/mol. The van der Waals surface area contributed by atoms with Crippen molar-refractivity contribution in [3.63, 3.8) is 0 Å². The summed E-state index contributed by atoms with van der Waals surface area (Å²) in [5.41, 5.74) is 0. The fraction of sp³-hybridized carbons (Fsp3) is 0.667. The minimum Gasteiger partial charge on any atom is -0.347 e. The van der Waals surface area contributed by atoms with Gasteiger partial charge in [-0.05, 0) is 19.1 Å². The van der Waals surface area contributed by atoms with Gasteiger partial charge in [-0.3, -0.25) is 0 Å². The summed E-state index contributed by atoms with van der Waals surface area (Å²) >= 11 is 3.87. The Kier molecular flexibility index (Phi) is 3.11. The predicted octanol–water partition coefficient (Wildman–Crippen LogP) is 2.39. The third-order valence-electron chi connectivity index (χ3n) is 2.10. The van der Waals surface area contributed by atoms with Gasteiger partial charge in [-0.1, -0.05) is 0 Å². The van der Waals surface area contributed by atoms with Crippen LogP contribution in [0.25, 0.3) is 0 Å². The van der Waals surface area contributed by atoms with Crippen LogP contribution in [-0.4, -0.2) is 29.6 Å². The van der Waals surface area contributed by atoms with Gasteiger partial charge in [0.05, 0.1) is 0 Å². The topological polar surface area (TPSA) is 16.1 Å². The average Bonchev–Trinajstić information content (AvgIpc) is 2.43. The summed E-state index contributed by atoms with van der Waals surface area (Å²) in [5.74, 6) is 2.56. The van der Waals surface area contributed by atoms with Crippen molar-refractivity contribution in [2.24, 2.45) is 0 Å². The summed E-state index contributed by atoms with van der Waals surface area (Å²) in [6.07, 6.45) is 3.27. The van der Waals surface area contributed by atoms with Crippen LogP contribution in [0.5, 0.6) is 0 Å². The van der Waals surface area contributed by atoms with Crippen LogP contribution in [0.15, 0.2) is 6.20 Å². The lowest BCUT2D eigenvalue weighted by Gasteiger charge is -2.17. The van der Waals surface area contributed by atoms with E-state index in [1.54, 1.807) is 0 Å². The Morgan fingerprint density at radius 3 is 3.08 bits per heavy atom. The zero-order valence-corrected chi connectivity index (χ0v) is 9.46. The number of aryl methyl sites for hydroxylation is 1. The minimum atomic E-state index is 1.16. The van der Waals surface area contributed by atoms with Crippen molar-refractivity contribution in [3.05, 3.63) is 11.1 Å². The Hall–Kier alpha value is -0.220. The molecule has 2 heterocycles. The van der Waals surface area contributed by atoms with Gasteiger partial charge in [0.1, 0.15) is 0 Å². The highest BCUT2D eigenvalue weighted by Gasteiger charge is 2.12. The van der Waals surface area contributed by atoms with E-state index in [4.69, 9.17) is 0 Å². The molecule has 1 aromatic rings. The zero-order valence-electron chi connectivity index (χ0n) is 7.82. The van der Waals surface area contributed by atoms with Crippen molar-refractivity contribution in [3.8, 4) is 0 Å². The van der Waals surface area contributed by atoms with E-state index >= 15 is 0 Å². The molecule has 13 heavy (non-hydrogen) atoms. The van der Waals surface area contributed by atoms with E-state index in [0.717, 1.165) is 6.54 Å². The third-order valence-corrected chi connectivity index (χ3v) is 4.12. The molecule has 1 saturated heterocycles. The lowest BCUT2D eigenvalue weighted by molar-refractivity contribution is 0.812. The Labute approximate surface area is 87.4 Å². The van der Waals surface area contributed by atoms with Crippen LogP contribution in [0.1, 0.15) is 11.3 Å². The van der Waals surface area contributed by atoms with Gasteiger partial charge < -0.3 is 4.90 Å². The number of thiazole rings is 1. The molecule has 0 saturated carbocycles. The molecular formula is C9H14N2S2. The maximum atomic E-state index is 4.42. The molecule has 4 heteroatoms. The van der Waals surface area contributed by atoms with Crippen molar-refractivity contribution in [1.82, 2.24) is 4.98 Å². The predicted molar refractivity (Wildman–Crippen MR) is 61.0 cm³/mol. The Morgan fingerprint density at radius 1 is 1.38 bits per heavy atom. The molecule has 0 N–H and O–H groups in total. The second-order valence-corrected chi connectivity index (χ2v) is 5.64. The van der Waals surface area contributed by atoms with E-state index in [0.29, 0.717) is 0 Å². The van der Waals surface area contributed by atoms with Crippen LogP contribution in [0.2, 0.25) is 0 Å². The van der Waals surface area contributed by atoms with E-state index in [1.807, 2.05) is 17.5 Å². The number of hydrogen-bond acceptors (Lipinski definition) is 4. The van der Waals surface area contributed by atoms with Gasteiger partial charge in [0.15, 0.2) is 5.13 Å². The molecule has 0 spiro atoms. The molecule has 2 nitrogen and oxygen atoms in total. The second kappa shape index (κ2) is 4.33. The van der Waals surface area contributed by atoms with E-state index in [2.05, 4.69) is 28.6 Å². The molecule has 0 amide bonds. The van der Waals surface area contributed by atoms with Crippen molar-refractivity contribution < 1.29 is 0 Å². The Balaban J connectivity index is 2.06. The summed E-state index contributed by atoms with van der Waals surface area (Å²) < 4.78 is 0. The molecule has 72 valence electrons. The average molecular weight is 214 g/mol. The summed E-state index contributed by atoms with van der Waals surface area (Å²) in [6, 6.07) is 0. The van der Waals surface area contributed by atoms with E-state index in [-0.39, 0.29) is 0 Å². The Bertz CT molecular complexity index is 264. The number of rotatable bonds is 1. The lowest BCUT2D eigenvalue weighted by atomic mass is 10.4. The summed E-state index contributed by atoms with van der Waals surface area (Å²) in [4.78, 5) is 8.14. The number of nitrogens with zero attached hydrogens (tertiary/aromatic N) is 2. The van der Waals surface area contributed by atoms with E-state index < -0.39 is 0 Å². The molecule has 0 bridgehead atoms. The smallest absolute Gasteiger partial charge is 0.185 e. The maximum absolute atomic E-state index is 4.42.